The van der Waals surface area contributed by atoms with Gasteiger partial charge in [-0.15, -0.1) is 11.8 Å². The smallest absolute Gasteiger partial charge is 0.0988 e. The van der Waals surface area contributed by atoms with E-state index >= 15 is 0 Å². The highest BCUT2D eigenvalue weighted by atomic mass is 32.2. The number of hydrogen-bond acceptors (Lipinski definition) is 2. The number of nitrogens with two attached hydrogens (primary N) is 1. The van der Waals surface area contributed by atoms with Crippen molar-refractivity contribution in [2.75, 3.05) is 18.2 Å². The van der Waals surface area contributed by atoms with Crippen LogP contribution >= 0.6 is 11.8 Å². The third-order valence-corrected chi connectivity index (χ3v) is 2.53. The Morgan fingerprint density at radius 1 is 1.50 bits per heavy atom. The van der Waals surface area contributed by atoms with Crippen LogP contribution in [0.2, 0.25) is 0 Å². The van der Waals surface area contributed by atoms with Crippen LogP contribution in [0.4, 0.5) is 10.1 Å². The Morgan fingerprint density at radius 2 is 2.25 bits per heavy atom. The number of hydrogen-bond donors (Lipinski definition) is 1. The maximum absolute atomic E-state index is 11.8. The molecule has 0 amide bonds. The molecule has 0 spiro atoms. The van der Waals surface area contributed by atoms with Crippen LogP contribution < -0.4 is 5.73 Å². The van der Waals surface area contributed by atoms with Crippen molar-refractivity contribution in [1.29, 1.82) is 0 Å². The van der Waals surface area contributed by atoms with Crippen LogP contribution in [0.25, 0.3) is 0 Å². The molecule has 0 aliphatic heterocycles. The Hall–Kier alpha value is -0.700. The number of alkyl halides is 1. The molecule has 3 heteroatoms. The summed E-state index contributed by atoms with van der Waals surface area (Å²) in [5.74, 6) is 0.517. The minimum absolute atomic E-state index is 0.284. The van der Waals surface area contributed by atoms with Gasteiger partial charge in [0.2, 0.25) is 0 Å². The van der Waals surface area contributed by atoms with Crippen molar-refractivity contribution in [2.45, 2.75) is 11.8 Å². The summed E-state index contributed by atoms with van der Waals surface area (Å²) < 4.78 is 11.8. The summed E-state index contributed by atoms with van der Waals surface area (Å²) in [7, 11) is 0. The third-order valence-electron chi connectivity index (χ3n) is 1.59. The number of rotatable bonds is 3. The fourth-order valence-corrected chi connectivity index (χ4v) is 1.63. The monoisotopic (exact) mass is 185 g/mol. The van der Waals surface area contributed by atoms with E-state index in [-0.39, 0.29) is 6.67 Å². The Kier molecular flexibility index (Phi) is 3.41. The Balaban J connectivity index is 2.69. The van der Waals surface area contributed by atoms with Gasteiger partial charge in [-0.05, 0) is 30.7 Å². The van der Waals surface area contributed by atoms with E-state index in [1.807, 2.05) is 25.1 Å². The highest BCUT2D eigenvalue weighted by Gasteiger charge is 1.96. The minimum atomic E-state index is -0.284. The fourth-order valence-electron chi connectivity index (χ4n) is 0.894. The van der Waals surface area contributed by atoms with Crippen LogP contribution in [0.5, 0.6) is 0 Å². The topological polar surface area (TPSA) is 26.0 Å². The summed E-state index contributed by atoms with van der Waals surface area (Å²) in [6.45, 7) is 1.67. The normalized spacial score (nSPS) is 10.2. The van der Waals surface area contributed by atoms with Gasteiger partial charge in [0.1, 0.15) is 0 Å². The van der Waals surface area contributed by atoms with Crippen molar-refractivity contribution in [2.24, 2.45) is 0 Å². The molecule has 0 aliphatic carbocycles. The van der Waals surface area contributed by atoms with E-state index < -0.39 is 0 Å². The largest absolute Gasteiger partial charge is 0.399 e. The van der Waals surface area contributed by atoms with Gasteiger partial charge < -0.3 is 5.73 Å². The van der Waals surface area contributed by atoms with Gasteiger partial charge in [-0.25, -0.2) is 0 Å². The van der Waals surface area contributed by atoms with Crippen LogP contribution in [0, 0.1) is 6.92 Å². The summed E-state index contributed by atoms with van der Waals surface area (Å²) in [6.07, 6.45) is 0. The molecule has 0 heterocycles. The highest BCUT2D eigenvalue weighted by Crippen LogP contribution is 2.21. The van der Waals surface area contributed by atoms with Gasteiger partial charge in [-0.2, -0.15) is 0 Å². The molecule has 0 aliphatic rings. The van der Waals surface area contributed by atoms with E-state index in [1.165, 1.54) is 11.8 Å². The summed E-state index contributed by atoms with van der Waals surface area (Å²) in [6, 6.07) is 5.76. The molecule has 0 unspecified atom stereocenters. The van der Waals surface area contributed by atoms with Gasteiger partial charge >= 0.3 is 0 Å². The summed E-state index contributed by atoms with van der Waals surface area (Å²) in [4.78, 5) is 1.08. The average Bonchev–Trinajstić information content (AvgIpc) is 2.07. The number of halogens is 1. The van der Waals surface area contributed by atoms with Crippen molar-refractivity contribution >= 4 is 17.4 Å². The fraction of sp³-hybridized carbons (Fsp3) is 0.333. The average molecular weight is 185 g/mol. The van der Waals surface area contributed by atoms with E-state index in [0.717, 1.165) is 16.1 Å². The molecule has 0 radical (unpaired) electrons. The molecule has 1 rings (SSSR count). The third kappa shape index (κ3) is 2.41. The SMILES string of the molecule is Cc1cc(SCCF)ccc1N. The van der Waals surface area contributed by atoms with Crippen LogP contribution in [0.3, 0.4) is 0 Å². The standard InChI is InChI=1S/C9H12FNS/c1-7-6-8(12-5-4-10)2-3-9(7)11/h2-3,6H,4-5,11H2,1H3. The van der Waals surface area contributed by atoms with Gasteiger partial charge in [0, 0.05) is 16.3 Å². The lowest BCUT2D eigenvalue weighted by Gasteiger charge is -2.02. The van der Waals surface area contributed by atoms with Gasteiger partial charge in [0.25, 0.3) is 0 Å². The first-order chi connectivity index (χ1) is 5.74. The molecule has 0 saturated carbocycles. The Bertz CT molecular complexity index is 263. The lowest BCUT2D eigenvalue weighted by Crippen LogP contribution is -1.89. The predicted molar refractivity (Wildman–Crippen MR) is 52.3 cm³/mol. The number of nitrogen functional groups attached to an aromatic ring is 1. The molecule has 0 fully saturated rings. The van der Waals surface area contributed by atoms with Crippen molar-refractivity contribution in [3.8, 4) is 0 Å². The van der Waals surface area contributed by atoms with E-state index in [9.17, 15) is 4.39 Å². The summed E-state index contributed by atoms with van der Waals surface area (Å²) in [5, 5.41) is 0. The molecule has 1 aromatic carbocycles. The summed E-state index contributed by atoms with van der Waals surface area (Å²) >= 11 is 1.51. The predicted octanol–water partition coefficient (Wildman–Crippen LogP) is 2.64. The molecule has 66 valence electrons. The van der Waals surface area contributed by atoms with Gasteiger partial charge in [-0.1, -0.05) is 0 Å². The van der Waals surface area contributed by atoms with Gasteiger partial charge in [-0.3, -0.25) is 4.39 Å². The zero-order chi connectivity index (χ0) is 8.97. The Morgan fingerprint density at radius 3 is 2.83 bits per heavy atom. The molecular weight excluding hydrogens is 173 g/mol. The lowest BCUT2D eigenvalue weighted by atomic mass is 10.2. The highest BCUT2D eigenvalue weighted by molar-refractivity contribution is 7.99. The maximum Gasteiger partial charge on any atom is 0.0988 e. The van der Waals surface area contributed by atoms with Crippen LogP contribution in [-0.4, -0.2) is 12.4 Å². The zero-order valence-corrected chi connectivity index (χ0v) is 7.83. The second kappa shape index (κ2) is 4.36. The summed E-state index contributed by atoms with van der Waals surface area (Å²) in [5.41, 5.74) is 7.48. The molecule has 0 atom stereocenters. The minimum Gasteiger partial charge on any atom is -0.399 e. The van der Waals surface area contributed by atoms with E-state index in [2.05, 4.69) is 0 Å². The molecule has 1 aromatic rings. The number of thioether (sulfide) groups is 1. The quantitative estimate of drug-likeness (QED) is 0.578. The van der Waals surface area contributed by atoms with Crippen LogP contribution in [-0.2, 0) is 0 Å². The van der Waals surface area contributed by atoms with E-state index in [1.54, 1.807) is 0 Å². The molecular formula is C9H12FNS. The number of aryl methyl sites for hydroxylation is 1. The van der Waals surface area contributed by atoms with E-state index in [4.69, 9.17) is 5.73 Å². The van der Waals surface area contributed by atoms with Crippen LogP contribution in [0.15, 0.2) is 23.1 Å². The second-order valence-corrected chi connectivity index (χ2v) is 3.72. The molecule has 0 bridgehead atoms. The van der Waals surface area contributed by atoms with Crippen molar-refractivity contribution < 1.29 is 4.39 Å². The molecule has 12 heavy (non-hydrogen) atoms. The van der Waals surface area contributed by atoms with Crippen molar-refractivity contribution in [1.82, 2.24) is 0 Å². The van der Waals surface area contributed by atoms with Crippen molar-refractivity contribution in [3.05, 3.63) is 23.8 Å². The Labute approximate surface area is 76.2 Å². The first-order valence-corrected chi connectivity index (χ1v) is 4.77. The zero-order valence-electron chi connectivity index (χ0n) is 7.01. The van der Waals surface area contributed by atoms with Crippen LogP contribution in [0.1, 0.15) is 5.56 Å². The molecule has 2 N–H and O–H groups in total. The number of anilines is 1. The van der Waals surface area contributed by atoms with Gasteiger partial charge in [0.05, 0.1) is 6.67 Å². The second-order valence-electron chi connectivity index (χ2n) is 2.56. The molecule has 0 aromatic heterocycles. The van der Waals surface area contributed by atoms with E-state index in [0.29, 0.717) is 5.75 Å². The van der Waals surface area contributed by atoms with Gasteiger partial charge in [0.15, 0.2) is 0 Å². The maximum atomic E-state index is 11.8. The number of benzene rings is 1. The lowest BCUT2D eigenvalue weighted by molar-refractivity contribution is 0.533. The first-order valence-electron chi connectivity index (χ1n) is 3.79. The molecule has 0 saturated heterocycles. The first kappa shape index (κ1) is 9.39. The van der Waals surface area contributed by atoms with Crippen molar-refractivity contribution in [3.63, 3.8) is 0 Å². The molecule has 1 nitrogen and oxygen atoms in total.